The lowest BCUT2D eigenvalue weighted by Gasteiger charge is -1.97. The van der Waals surface area contributed by atoms with Gasteiger partial charge < -0.3 is 4.74 Å². The second kappa shape index (κ2) is 4.60. The summed E-state index contributed by atoms with van der Waals surface area (Å²) in [5.41, 5.74) is 0. The van der Waals surface area contributed by atoms with Crippen LogP contribution in [-0.2, 0) is 20.5 Å². The molecule has 0 spiro atoms. The fourth-order valence-corrected chi connectivity index (χ4v) is 2.85. The fourth-order valence-electron chi connectivity index (χ4n) is 0.718. The van der Waals surface area contributed by atoms with E-state index < -0.39 is 0 Å². The standard InChI is InChI=1S/C7H9OPS2/c1-8-6-2-4-7(5-3-6)9-11-10/h2-5,9,11H,1H3. The Labute approximate surface area is 75.0 Å². The van der Waals surface area contributed by atoms with E-state index in [1.54, 1.807) is 7.11 Å². The van der Waals surface area contributed by atoms with Crippen molar-refractivity contribution in [3.05, 3.63) is 24.3 Å². The SMILES string of the molecule is COc1ccc([PH]#[SH]=S)cc1. The van der Waals surface area contributed by atoms with E-state index in [0.29, 0.717) is 7.15 Å². The number of ether oxygens (including phenoxy) is 1. The maximum atomic E-state index is 5.02. The van der Waals surface area contributed by atoms with Gasteiger partial charge in [-0.15, -0.1) is 0 Å². The number of methoxy groups -OCH3 is 1. The highest BCUT2D eigenvalue weighted by molar-refractivity contribution is 8.25. The zero-order valence-electron chi connectivity index (χ0n) is 6.07. The third kappa shape index (κ3) is 2.70. The van der Waals surface area contributed by atoms with Gasteiger partial charge in [-0.3, -0.25) is 0 Å². The summed E-state index contributed by atoms with van der Waals surface area (Å²) in [6.07, 6.45) is 0. The number of hydrogen-bond donors (Lipinski definition) is 1. The quantitative estimate of drug-likeness (QED) is 0.543. The smallest absolute Gasteiger partial charge is 0.118 e. The van der Waals surface area contributed by atoms with Crippen LogP contribution >= 0.6 is 7.15 Å². The van der Waals surface area contributed by atoms with Crippen molar-refractivity contribution in [3.8, 4) is 5.75 Å². The van der Waals surface area contributed by atoms with Crippen molar-refractivity contribution >= 4 is 32.9 Å². The normalized spacial score (nSPS) is 9.55. The summed E-state index contributed by atoms with van der Waals surface area (Å²) in [5.74, 6) is 0.902. The lowest BCUT2D eigenvalue weighted by Crippen LogP contribution is -1.89. The van der Waals surface area contributed by atoms with E-state index in [9.17, 15) is 0 Å². The molecule has 1 aromatic rings. The molecule has 0 aliphatic carbocycles. The predicted octanol–water partition coefficient (Wildman–Crippen LogP) is 1.19. The van der Waals surface area contributed by atoms with Gasteiger partial charge in [-0.25, -0.2) is 0 Å². The van der Waals surface area contributed by atoms with Gasteiger partial charge in [-0.2, -0.15) is 9.30 Å². The maximum Gasteiger partial charge on any atom is 0.118 e. The van der Waals surface area contributed by atoms with E-state index in [1.165, 1.54) is 5.30 Å². The fraction of sp³-hybridized carbons (Fsp3) is 0.143. The van der Waals surface area contributed by atoms with Crippen molar-refractivity contribution in [2.45, 2.75) is 0 Å². The van der Waals surface area contributed by atoms with Crippen LogP contribution in [0.3, 0.4) is 0 Å². The maximum absolute atomic E-state index is 5.02. The molecule has 11 heavy (non-hydrogen) atoms. The Kier molecular flexibility index (Phi) is 3.70. The highest BCUT2D eigenvalue weighted by Gasteiger charge is 1.87. The predicted molar refractivity (Wildman–Crippen MR) is 57.1 cm³/mol. The molecule has 1 unspecified atom stereocenters. The molecule has 1 aromatic carbocycles. The van der Waals surface area contributed by atoms with Crippen LogP contribution in [0.15, 0.2) is 24.3 Å². The minimum Gasteiger partial charge on any atom is -0.497 e. The van der Waals surface area contributed by atoms with Crippen LogP contribution in [0, 0.1) is 0 Å². The van der Waals surface area contributed by atoms with Gasteiger partial charge in [0.25, 0.3) is 0 Å². The molecule has 0 aliphatic rings. The number of hydrogen-bond acceptors (Lipinski definition) is 2. The summed E-state index contributed by atoms with van der Waals surface area (Å²) in [4.78, 5) is 0. The second-order valence-corrected chi connectivity index (χ2v) is 5.78. The number of rotatable bonds is 1. The van der Waals surface area contributed by atoms with E-state index in [4.69, 9.17) is 15.9 Å². The third-order valence-electron chi connectivity index (χ3n) is 1.26. The molecule has 0 saturated heterocycles. The van der Waals surface area contributed by atoms with Gasteiger partial charge in [0.1, 0.15) is 5.75 Å². The van der Waals surface area contributed by atoms with Gasteiger partial charge in [-0.05, 0) is 35.5 Å². The van der Waals surface area contributed by atoms with Gasteiger partial charge >= 0.3 is 0 Å². The molecule has 0 aliphatic heterocycles. The van der Waals surface area contributed by atoms with Gasteiger partial charge in [0.2, 0.25) is 0 Å². The zero-order chi connectivity index (χ0) is 8.10. The topological polar surface area (TPSA) is 9.23 Å². The second-order valence-electron chi connectivity index (χ2n) is 1.93. The van der Waals surface area contributed by atoms with Crippen LogP contribution in [0.4, 0.5) is 0 Å². The third-order valence-corrected chi connectivity index (χ3v) is 3.82. The van der Waals surface area contributed by atoms with Crippen molar-refractivity contribution in [2.75, 3.05) is 7.11 Å². The highest BCUT2D eigenvalue weighted by Crippen LogP contribution is 2.07. The van der Waals surface area contributed by atoms with E-state index in [1.807, 2.05) is 12.1 Å². The first-order chi connectivity index (χ1) is 5.36. The molecule has 0 heterocycles. The van der Waals surface area contributed by atoms with Gasteiger partial charge in [0, 0.05) is 5.30 Å². The molecule has 4 heteroatoms. The number of thiol groups is 1. The Bertz CT molecular complexity index is 327. The molecule has 0 fully saturated rings. The first-order valence-corrected chi connectivity index (χ1v) is 6.84. The zero-order valence-corrected chi connectivity index (χ0v) is 8.78. The molecule has 0 radical (unpaired) electrons. The Morgan fingerprint density at radius 1 is 1.36 bits per heavy atom. The molecular formula is C7H9OPS2. The lowest BCUT2D eigenvalue weighted by molar-refractivity contribution is 0.415. The minimum atomic E-state index is 0.716. The Hall–Kier alpha value is -0.240. The Morgan fingerprint density at radius 2 is 2.00 bits per heavy atom. The van der Waals surface area contributed by atoms with Gasteiger partial charge in [0.15, 0.2) is 0 Å². The summed E-state index contributed by atoms with van der Waals surface area (Å²) in [6.45, 7) is 0. The molecule has 0 amide bonds. The van der Waals surface area contributed by atoms with Crippen LogP contribution in [0.5, 0.6) is 5.75 Å². The molecule has 60 valence electrons. The van der Waals surface area contributed by atoms with Crippen LogP contribution in [-0.4, -0.2) is 7.11 Å². The molecule has 1 atom stereocenters. The molecule has 1 rings (SSSR count). The molecular weight excluding hydrogens is 195 g/mol. The molecule has 0 bridgehead atoms. The Balaban J connectivity index is 2.97. The van der Waals surface area contributed by atoms with Crippen LogP contribution < -0.4 is 10.0 Å². The first kappa shape index (κ1) is 8.85. The molecule has 0 N–H and O–H groups in total. The number of benzene rings is 1. The van der Waals surface area contributed by atoms with Crippen molar-refractivity contribution in [3.63, 3.8) is 0 Å². The lowest BCUT2D eigenvalue weighted by atomic mass is 10.3. The summed E-state index contributed by atoms with van der Waals surface area (Å²) in [6, 6.07) is 8.03. The van der Waals surface area contributed by atoms with Crippen LogP contribution in [0.1, 0.15) is 0 Å². The Morgan fingerprint density at radius 3 is 2.45 bits per heavy atom. The first-order valence-electron chi connectivity index (χ1n) is 3.09. The van der Waals surface area contributed by atoms with Crippen LogP contribution in [0.25, 0.3) is 0 Å². The van der Waals surface area contributed by atoms with E-state index in [0.717, 1.165) is 15.0 Å². The highest BCUT2D eigenvalue weighted by atomic mass is 32.9. The van der Waals surface area contributed by atoms with E-state index in [2.05, 4.69) is 12.1 Å². The molecule has 0 aromatic heterocycles. The van der Waals surface area contributed by atoms with Crippen molar-refractivity contribution in [2.24, 2.45) is 0 Å². The largest absolute Gasteiger partial charge is 0.497 e. The molecule has 1 nitrogen and oxygen atoms in total. The molecule has 0 saturated carbocycles. The summed E-state index contributed by atoms with van der Waals surface area (Å²) in [5, 5.41) is 1.29. The minimum absolute atomic E-state index is 0.716. The monoisotopic (exact) mass is 204 g/mol. The average molecular weight is 204 g/mol. The van der Waals surface area contributed by atoms with Gasteiger partial charge in [-0.1, -0.05) is 7.15 Å². The summed E-state index contributed by atoms with van der Waals surface area (Å²) < 4.78 is 5.02. The van der Waals surface area contributed by atoms with Crippen molar-refractivity contribution in [1.82, 2.24) is 0 Å². The summed E-state index contributed by atoms with van der Waals surface area (Å²) in [7, 11) is 3.41. The van der Waals surface area contributed by atoms with Gasteiger partial charge in [0.05, 0.1) is 7.11 Å². The van der Waals surface area contributed by atoms with E-state index >= 15 is 0 Å². The average Bonchev–Trinajstić information content (AvgIpc) is 2.07. The summed E-state index contributed by atoms with van der Waals surface area (Å²) >= 11 is 4.85. The van der Waals surface area contributed by atoms with Crippen molar-refractivity contribution < 1.29 is 4.74 Å². The van der Waals surface area contributed by atoms with Crippen molar-refractivity contribution in [1.29, 1.82) is 0 Å². The van der Waals surface area contributed by atoms with E-state index in [-0.39, 0.29) is 0 Å². The van der Waals surface area contributed by atoms with Crippen LogP contribution in [0.2, 0.25) is 0 Å².